The third-order valence-electron chi connectivity index (χ3n) is 3.51. The number of hydrogen-bond acceptors (Lipinski definition) is 7. The average Bonchev–Trinajstić information content (AvgIpc) is 2.67. The minimum atomic E-state index is -0.646. The van der Waals surface area contributed by atoms with Crippen molar-refractivity contribution in [2.45, 2.75) is 0 Å². The molecule has 1 heterocycles. The first-order valence-corrected chi connectivity index (χ1v) is 8.95. The fourth-order valence-electron chi connectivity index (χ4n) is 2.24. The van der Waals surface area contributed by atoms with Gasteiger partial charge in [-0.2, -0.15) is 0 Å². The van der Waals surface area contributed by atoms with Gasteiger partial charge in [-0.15, -0.1) is 0 Å². The predicted octanol–water partition coefficient (Wildman–Crippen LogP) is 4.30. The molecule has 2 aromatic carbocycles. The highest BCUT2D eigenvalue weighted by Gasteiger charge is 2.24. The van der Waals surface area contributed by atoms with Crippen LogP contribution in [0.2, 0.25) is 5.02 Å². The summed E-state index contributed by atoms with van der Waals surface area (Å²) in [6, 6.07) is 13.3. The molecule has 0 unspecified atom stereocenters. The summed E-state index contributed by atoms with van der Waals surface area (Å²) >= 11 is 9.22. The molecule has 0 saturated heterocycles. The third kappa shape index (κ3) is 4.53. The van der Waals surface area contributed by atoms with Gasteiger partial charge in [-0.3, -0.25) is 25.8 Å². The topological polar surface area (TPSA) is 122 Å². The Morgan fingerprint density at radius 1 is 1.11 bits per heavy atom. The van der Waals surface area contributed by atoms with E-state index in [4.69, 9.17) is 11.6 Å². The van der Waals surface area contributed by atoms with Crippen molar-refractivity contribution in [2.75, 3.05) is 10.7 Å². The Labute approximate surface area is 172 Å². The van der Waals surface area contributed by atoms with Gasteiger partial charge in [-0.05, 0) is 46.3 Å². The van der Waals surface area contributed by atoms with Gasteiger partial charge in [-0.25, -0.2) is 9.97 Å². The number of rotatable bonds is 6. The fourth-order valence-corrected chi connectivity index (χ4v) is 2.82. The highest BCUT2D eigenvalue weighted by molar-refractivity contribution is 9.10. The van der Waals surface area contributed by atoms with Crippen molar-refractivity contribution in [1.82, 2.24) is 15.4 Å². The summed E-state index contributed by atoms with van der Waals surface area (Å²) in [6.07, 6.45) is 1.14. The molecule has 142 valence electrons. The molecule has 0 aliphatic heterocycles. The normalized spacial score (nSPS) is 10.2. The van der Waals surface area contributed by atoms with Gasteiger partial charge in [0, 0.05) is 15.1 Å². The molecule has 0 aliphatic rings. The van der Waals surface area contributed by atoms with Crippen LogP contribution in [0.1, 0.15) is 10.4 Å². The van der Waals surface area contributed by atoms with Crippen LogP contribution < -0.4 is 16.2 Å². The maximum absolute atomic E-state index is 12.2. The van der Waals surface area contributed by atoms with E-state index < -0.39 is 16.5 Å². The first kappa shape index (κ1) is 19.5. The van der Waals surface area contributed by atoms with E-state index in [-0.39, 0.29) is 17.2 Å². The number of amides is 1. The summed E-state index contributed by atoms with van der Waals surface area (Å²) in [6.45, 7) is 0. The van der Waals surface area contributed by atoms with Crippen molar-refractivity contribution in [3.8, 4) is 0 Å². The van der Waals surface area contributed by atoms with Crippen LogP contribution in [0.3, 0.4) is 0 Å². The molecule has 0 saturated carbocycles. The Bertz CT molecular complexity index is 1050. The number of carbonyl (C=O) groups is 1. The molecule has 28 heavy (non-hydrogen) atoms. The largest absolute Gasteiger partial charge is 0.355 e. The van der Waals surface area contributed by atoms with Gasteiger partial charge in [-0.1, -0.05) is 29.8 Å². The van der Waals surface area contributed by atoms with Crippen molar-refractivity contribution in [3.05, 3.63) is 80.0 Å². The van der Waals surface area contributed by atoms with Crippen LogP contribution in [0.25, 0.3) is 0 Å². The van der Waals surface area contributed by atoms with Crippen LogP contribution in [0, 0.1) is 10.1 Å². The number of nitrogens with one attached hydrogen (secondary N) is 3. The Kier molecular flexibility index (Phi) is 6.02. The molecular formula is C17H12BrClN6O3. The minimum absolute atomic E-state index is 0.0357. The molecule has 0 spiro atoms. The first-order chi connectivity index (χ1) is 13.5. The van der Waals surface area contributed by atoms with Gasteiger partial charge < -0.3 is 5.32 Å². The van der Waals surface area contributed by atoms with E-state index in [1.54, 1.807) is 36.4 Å². The second kappa shape index (κ2) is 8.63. The second-order valence-electron chi connectivity index (χ2n) is 5.37. The summed E-state index contributed by atoms with van der Waals surface area (Å²) in [5, 5.41) is 14.8. The molecule has 1 amide bonds. The van der Waals surface area contributed by atoms with E-state index in [1.165, 1.54) is 6.07 Å². The highest BCUT2D eigenvalue weighted by atomic mass is 79.9. The Balaban J connectivity index is 1.84. The summed E-state index contributed by atoms with van der Waals surface area (Å²) in [5.74, 6) is -0.743. The molecule has 3 rings (SSSR count). The van der Waals surface area contributed by atoms with Crippen LogP contribution in [0.4, 0.5) is 23.0 Å². The van der Waals surface area contributed by atoms with Crippen molar-refractivity contribution in [3.63, 3.8) is 0 Å². The van der Waals surface area contributed by atoms with Gasteiger partial charge in [0.05, 0.1) is 10.6 Å². The highest BCUT2D eigenvalue weighted by Crippen LogP contribution is 2.33. The second-order valence-corrected chi connectivity index (χ2v) is 6.66. The van der Waals surface area contributed by atoms with Crippen molar-refractivity contribution >= 4 is 56.4 Å². The van der Waals surface area contributed by atoms with Crippen LogP contribution >= 0.6 is 27.5 Å². The number of nitrogens with zero attached hydrogens (tertiary/aromatic N) is 3. The SMILES string of the molecule is O=C(NNc1ncnc(Nc2ccccc2Br)c1[N+](=O)[O-])c1cccc(Cl)c1. The number of halogens is 2. The number of hydrazine groups is 1. The van der Waals surface area contributed by atoms with Crippen LogP contribution in [-0.2, 0) is 0 Å². The van der Waals surface area contributed by atoms with Gasteiger partial charge in [0.1, 0.15) is 6.33 Å². The maximum Gasteiger partial charge on any atom is 0.355 e. The molecule has 1 aromatic heterocycles. The molecule has 0 bridgehead atoms. The first-order valence-electron chi connectivity index (χ1n) is 7.78. The third-order valence-corrected chi connectivity index (χ3v) is 4.44. The average molecular weight is 464 g/mol. The molecule has 0 radical (unpaired) electrons. The Hall–Kier alpha value is -3.24. The monoisotopic (exact) mass is 462 g/mol. The predicted molar refractivity (Wildman–Crippen MR) is 109 cm³/mol. The molecule has 3 N–H and O–H groups in total. The number of anilines is 3. The maximum atomic E-state index is 12.2. The van der Waals surface area contributed by atoms with E-state index in [9.17, 15) is 14.9 Å². The number of hydrogen-bond donors (Lipinski definition) is 3. The molecule has 3 aromatic rings. The molecule has 0 aliphatic carbocycles. The fraction of sp³-hybridized carbons (Fsp3) is 0. The smallest absolute Gasteiger partial charge is 0.333 e. The van der Waals surface area contributed by atoms with E-state index in [1.807, 2.05) is 6.07 Å². The van der Waals surface area contributed by atoms with Gasteiger partial charge in [0.15, 0.2) is 0 Å². The zero-order valence-corrected chi connectivity index (χ0v) is 16.4. The number of aromatic nitrogens is 2. The van der Waals surface area contributed by atoms with E-state index in [2.05, 4.69) is 42.1 Å². The van der Waals surface area contributed by atoms with Crippen LogP contribution in [-0.4, -0.2) is 20.8 Å². The Morgan fingerprint density at radius 2 is 1.86 bits per heavy atom. The lowest BCUT2D eigenvalue weighted by atomic mass is 10.2. The van der Waals surface area contributed by atoms with Gasteiger partial charge in [0.25, 0.3) is 5.91 Å². The Morgan fingerprint density at radius 3 is 2.57 bits per heavy atom. The molecule has 11 heteroatoms. The van der Waals surface area contributed by atoms with E-state index >= 15 is 0 Å². The van der Waals surface area contributed by atoms with Crippen LogP contribution in [0.5, 0.6) is 0 Å². The number of carbonyl (C=O) groups excluding carboxylic acids is 1. The quantitative estimate of drug-likeness (QED) is 0.368. The van der Waals surface area contributed by atoms with Gasteiger partial charge in [0.2, 0.25) is 11.6 Å². The van der Waals surface area contributed by atoms with Gasteiger partial charge >= 0.3 is 5.69 Å². The minimum Gasteiger partial charge on any atom is -0.333 e. The molecule has 0 fully saturated rings. The molecule has 9 nitrogen and oxygen atoms in total. The summed E-state index contributed by atoms with van der Waals surface area (Å²) in [7, 11) is 0. The zero-order valence-electron chi connectivity index (χ0n) is 14.0. The molecule has 0 atom stereocenters. The summed E-state index contributed by atoms with van der Waals surface area (Å²) in [5.41, 5.74) is 5.26. The summed E-state index contributed by atoms with van der Waals surface area (Å²) < 4.78 is 0.701. The van der Waals surface area contributed by atoms with Crippen molar-refractivity contribution < 1.29 is 9.72 Å². The van der Waals surface area contributed by atoms with E-state index in [0.717, 1.165) is 6.33 Å². The summed E-state index contributed by atoms with van der Waals surface area (Å²) in [4.78, 5) is 30.9. The van der Waals surface area contributed by atoms with Crippen molar-refractivity contribution in [2.24, 2.45) is 0 Å². The lowest BCUT2D eigenvalue weighted by Crippen LogP contribution is -2.30. The van der Waals surface area contributed by atoms with Crippen molar-refractivity contribution in [1.29, 1.82) is 0 Å². The lowest BCUT2D eigenvalue weighted by molar-refractivity contribution is -0.383. The number of nitro groups is 1. The number of benzene rings is 2. The van der Waals surface area contributed by atoms with E-state index in [0.29, 0.717) is 15.2 Å². The number of para-hydroxylation sites is 1. The van der Waals surface area contributed by atoms with Crippen LogP contribution in [0.15, 0.2) is 59.3 Å². The molecular weight excluding hydrogens is 452 g/mol. The lowest BCUT2D eigenvalue weighted by Gasteiger charge is -2.11. The zero-order chi connectivity index (χ0) is 20.1. The standard InChI is InChI=1S/C17H12BrClN6O3/c18-12-6-1-2-7-13(12)22-15-14(25(27)28)16(21-9-20-15)23-24-17(26)10-4-3-5-11(19)8-10/h1-9H,(H,24,26)(H2,20,21,22,23).